The quantitative estimate of drug-likeness (QED) is 0.904. The van der Waals surface area contributed by atoms with Gasteiger partial charge >= 0.3 is 5.97 Å². The molecule has 0 saturated carbocycles. The number of aromatic nitrogens is 1. The Balaban J connectivity index is 2.65. The number of hydrogen-bond acceptors (Lipinski definition) is 3. The molecular formula is C13H10ClNO4. The Morgan fingerprint density at radius 1 is 1.37 bits per heavy atom. The maximum atomic E-state index is 11.4. The standard InChI is InChI=1S/C13H10ClNO4/c1-19-11-3-2-8(14)5-9(11)7-4-10(13(17)18)12(16)15-6-7/h2-6H,1H3,(H,15,16)(H,17,18). The summed E-state index contributed by atoms with van der Waals surface area (Å²) in [6.07, 6.45) is 1.42. The summed E-state index contributed by atoms with van der Waals surface area (Å²) >= 11 is 5.91. The van der Waals surface area contributed by atoms with Crippen molar-refractivity contribution in [2.75, 3.05) is 7.11 Å². The zero-order valence-electron chi connectivity index (χ0n) is 9.94. The number of pyridine rings is 1. The molecule has 0 fully saturated rings. The number of carboxylic acid groups (broad SMARTS) is 1. The Labute approximate surface area is 113 Å². The molecule has 0 unspecified atom stereocenters. The zero-order valence-corrected chi connectivity index (χ0v) is 10.7. The Kier molecular flexibility index (Phi) is 3.57. The Morgan fingerprint density at radius 2 is 2.11 bits per heavy atom. The number of carbonyl (C=O) groups is 1. The lowest BCUT2D eigenvalue weighted by atomic mass is 10.0. The summed E-state index contributed by atoms with van der Waals surface area (Å²) in [5, 5.41) is 9.43. The first kappa shape index (κ1) is 13.2. The molecule has 0 saturated heterocycles. The number of ether oxygens (including phenoxy) is 1. The molecule has 0 spiro atoms. The summed E-state index contributed by atoms with van der Waals surface area (Å²) in [7, 11) is 1.50. The number of nitrogens with one attached hydrogen (secondary N) is 1. The van der Waals surface area contributed by atoms with Crippen LogP contribution in [0.25, 0.3) is 11.1 Å². The highest BCUT2D eigenvalue weighted by Gasteiger charge is 2.13. The van der Waals surface area contributed by atoms with E-state index in [1.54, 1.807) is 18.2 Å². The van der Waals surface area contributed by atoms with Crippen LogP contribution in [0.4, 0.5) is 0 Å². The maximum absolute atomic E-state index is 11.4. The van der Waals surface area contributed by atoms with Crippen molar-refractivity contribution in [1.29, 1.82) is 0 Å². The average molecular weight is 280 g/mol. The van der Waals surface area contributed by atoms with Gasteiger partial charge in [-0.3, -0.25) is 4.79 Å². The predicted octanol–water partition coefficient (Wildman–Crippen LogP) is 2.40. The van der Waals surface area contributed by atoms with Crippen LogP contribution in [0, 0.1) is 0 Å². The summed E-state index contributed by atoms with van der Waals surface area (Å²) in [5.74, 6) is -0.753. The summed E-state index contributed by atoms with van der Waals surface area (Å²) in [5.41, 5.74) is 0.127. The van der Waals surface area contributed by atoms with Gasteiger partial charge in [-0.15, -0.1) is 0 Å². The van der Waals surface area contributed by atoms with Crippen molar-refractivity contribution in [2.45, 2.75) is 0 Å². The molecule has 0 atom stereocenters. The van der Waals surface area contributed by atoms with E-state index >= 15 is 0 Å². The van der Waals surface area contributed by atoms with Crippen molar-refractivity contribution in [3.8, 4) is 16.9 Å². The largest absolute Gasteiger partial charge is 0.496 e. The van der Waals surface area contributed by atoms with E-state index < -0.39 is 11.5 Å². The lowest BCUT2D eigenvalue weighted by molar-refractivity contribution is 0.0695. The Hall–Kier alpha value is -2.27. The van der Waals surface area contributed by atoms with Crippen LogP contribution in [0.2, 0.25) is 5.02 Å². The molecule has 2 aromatic rings. The van der Waals surface area contributed by atoms with Gasteiger partial charge in [-0.05, 0) is 24.3 Å². The molecule has 1 heterocycles. The van der Waals surface area contributed by atoms with Gasteiger partial charge in [0, 0.05) is 22.3 Å². The third kappa shape index (κ3) is 2.61. The van der Waals surface area contributed by atoms with E-state index in [1.165, 1.54) is 19.4 Å². The Bertz CT molecular complexity index is 693. The lowest BCUT2D eigenvalue weighted by Gasteiger charge is -2.09. The van der Waals surface area contributed by atoms with E-state index in [-0.39, 0.29) is 5.56 Å². The van der Waals surface area contributed by atoms with Crippen molar-refractivity contribution < 1.29 is 14.6 Å². The summed E-state index contributed by atoms with van der Waals surface area (Å²) in [4.78, 5) is 24.7. The number of halogens is 1. The minimum Gasteiger partial charge on any atom is -0.496 e. The normalized spacial score (nSPS) is 10.2. The summed E-state index contributed by atoms with van der Waals surface area (Å²) in [6, 6.07) is 6.26. The maximum Gasteiger partial charge on any atom is 0.341 e. The molecule has 0 aliphatic rings. The molecule has 2 N–H and O–H groups in total. The van der Waals surface area contributed by atoms with Crippen LogP contribution >= 0.6 is 11.6 Å². The highest BCUT2D eigenvalue weighted by Crippen LogP contribution is 2.31. The van der Waals surface area contributed by atoms with Crippen molar-refractivity contribution in [1.82, 2.24) is 4.98 Å². The van der Waals surface area contributed by atoms with E-state index in [1.807, 2.05) is 0 Å². The van der Waals surface area contributed by atoms with Gasteiger partial charge in [-0.1, -0.05) is 11.6 Å². The number of aromatic carboxylic acids is 1. The van der Waals surface area contributed by atoms with Gasteiger partial charge in [0.15, 0.2) is 0 Å². The van der Waals surface area contributed by atoms with Gasteiger partial charge in [-0.2, -0.15) is 0 Å². The number of H-pyrrole nitrogens is 1. The molecular weight excluding hydrogens is 270 g/mol. The number of methoxy groups -OCH3 is 1. The molecule has 0 aliphatic carbocycles. The molecule has 2 rings (SSSR count). The minimum atomic E-state index is -1.29. The third-order valence-electron chi connectivity index (χ3n) is 2.61. The second-order valence-corrected chi connectivity index (χ2v) is 4.22. The van der Waals surface area contributed by atoms with Crippen molar-refractivity contribution >= 4 is 17.6 Å². The van der Waals surface area contributed by atoms with Gasteiger partial charge < -0.3 is 14.8 Å². The zero-order chi connectivity index (χ0) is 14.0. The second-order valence-electron chi connectivity index (χ2n) is 3.78. The number of hydrogen-bond donors (Lipinski definition) is 2. The van der Waals surface area contributed by atoms with Gasteiger partial charge in [-0.25, -0.2) is 4.79 Å². The SMILES string of the molecule is COc1ccc(Cl)cc1-c1c[nH]c(=O)c(C(=O)O)c1. The second kappa shape index (κ2) is 5.16. The first-order chi connectivity index (χ1) is 9.02. The molecule has 0 aliphatic heterocycles. The van der Waals surface area contributed by atoms with Crippen LogP contribution in [-0.4, -0.2) is 23.2 Å². The smallest absolute Gasteiger partial charge is 0.341 e. The van der Waals surface area contributed by atoms with Gasteiger partial charge in [0.25, 0.3) is 5.56 Å². The van der Waals surface area contributed by atoms with Crippen LogP contribution in [-0.2, 0) is 0 Å². The van der Waals surface area contributed by atoms with Crippen LogP contribution in [0.5, 0.6) is 5.75 Å². The van der Waals surface area contributed by atoms with Crippen molar-refractivity contribution in [3.63, 3.8) is 0 Å². The molecule has 0 amide bonds. The monoisotopic (exact) mass is 279 g/mol. The number of rotatable bonds is 3. The van der Waals surface area contributed by atoms with Gasteiger partial charge in [0.1, 0.15) is 11.3 Å². The fourth-order valence-electron chi connectivity index (χ4n) is 1.70. The molecule has 5 nitrogen and oxygen atoms in total. The molecule has 1 aromatic heterocycles. The summed E-state index contributed by atoms with van der Waals surface area (Å²) in [6.45, 7) is 0. The molecule has 1 aromatic carbocycles. The van der Waals surface area contributed by atoms with E-state index in [0.29, 0.717) is 21.9 Å². The lowest BCUT2D eigenvalue weighted by Crippen LogP contribution is -2.16. The number of benzene rings is 1. The first-order valence-electron chi connectivity index (χ1n) is 5.33. The van der Waals surface area contributed by atoms with E-state index in [2.05, 4.69) is 4.98 Å². The fourth-order valence-corrected chi connectivity index (χ4v) is 1.88. The fraction of sp³-hybridized carbons (Fsp3) is 0.0769. The van der Waals surface area contributed by atoms with Crippen LogP contribution in [0.3, 0.4) is 0 Å². The van der Waals surface area contributed by atoms with Gasteiger partial charge in [0.2, 0.25) is 0 Å². The third-order valence-corrected chi connectivity index (χ3v) is 2.84. The Morgan fingerprint density at radius 3 is 2.74 bits per heavy atom. The van der Waals surface area contributed by atoms with E-state index in [4.69, 9.17) is 21.4 Å². The molecule has 6 heteroatoms. The van der Waals surface area contributed by atoms with Crippen molar-refractivity contribution in [2.24, 2.45) is 0 Å². The molecule has 98 valence electrons. The van der Waals surface area contributed by atoms with Crippen LogP contribution in [0.15, 0.2) is 35.3 Å². The molecule has 19 heavy (non-hydrogen) atoms. The first-order valence-corrected chi connectivity index (χ1v) is 5.70. The summed E-state index contributed by atoms with van der Waals surface area (Å²) < 4.78 is 5.19. The molecule has 0 radical (unpaired) electrons. The number of aromatic amines is 1. The van der Waals surface area contributed by atoms with Crippen molar-refractivity contribution in [3.05, 3.63) is 51.4 Å². The highest BCUT2D eigenvalue weighted by molar-refractivity contribution is 6.31. The van der Waals surface area contributed by atoms with Crippen LogP contribution < -0.4 is 10.3 Å². The van der Waals surface area contributed by atoms with Gasteiger partial charge in [0.05, 0.1) is 7.11 Å². The minimum absolute atomic E-state index is 0.334. The topological polar surface area (TPSA) is 79.4 Å². The predicted molar refractivity (Wildman–Crippen MR) is 71.0 cm³/mol. The van der Waals surface area contributed by atoms with E-state index in [9.17, 15) is 9.59 Å². The highest BCUT2D eigenvalue weighted by atomic mass is 35.5. The number of carboxylic acids is 1. The molecule has 0 bridgehead atoms. The van der Waals surface area contributed by atoms with E-state index in [0.717, 1.165) is 0 Å². The average Bonchev–Trinajstić information content (AvgIpc) is 2.39. The van der Waals surface area contributed by atoms with Crippen LogP contribution in [0.1, 0.15) is 10.4 Å².